The lowest BCUT2D eigenvalue weighted by Gasteiger charge is -2.33. The molecule has 0 fully saturated rings. The average molecular weight is 305 g/mol. The minimum absolute atomic E-state index is 0.128. The van der Waals surface area contributed by atoms with E-state index in [0.717, 1.165) is 0 Å². The van der Waals surface area contributed by atoms with Crippen LogP contribution in [0.1, 0.15) is 38.2 Å². The second kappa shape index (κ2) is 6.36. The summed E-state index contributed by atoms with van der Waals surface area (Å²) < 4.78 is 5.25. The Balaban J connectivity index is 1.98. The monoisotopic (exact) mass is 305 g/mol. The minimum atomic E-state index is -0.495. The van der Waals surface area contributed by atoms with Gasteiger partial charge in [0.25, 0.3) is 5.91 Å². The summed E-state index contributed by atoms with van der Waals surface area (Å²) in [7, 11) is 0. The van der Waals surface area contributed by atoms with Gasteiger partial charge in [-0.25, -0.2) is 0 Å². The summed E-state index contributed by atoms with van der Waals surface area (Å²) in [5, 5.41) is 19.8. The first-order chi connectivity index (χ1) is 10.3. The zero-order chi connectivity index (χ0) is 16.3. The van der Waals surface area contributed by atoms with Crippen molar-refractivity contribution >= 4 is 5.91 Å². The first-order valence-electron chi connectivity index (χ1n) is 7.37. The molecule has 1 unspecified atom stereocenters. The van der Waals surface area contributed by atoms with Gasteiger partial charge in [0.2, 0.25) is 0 Å². The van der Waals surface area contributed by atoms with Crippen LogP contribution in [0.25, 0.3) is 11.5 Å². The van der Waals surface area contributed by atoms with Crippen LogP contribution < -0.4 is 5.32 Å². The van der Waals surface area contributed by atoms with Crippen molar-refractivity contribution in [1.82, 2.24) is 15.5 Å². The maximum Gasteiger partial charge on any atom is 0.271 e. The lowest BCUT2D eigenvalue weighted by Crippen LogP contribution is -2.43. The lowest BCUT2D eigenvalue weighted by molar-refractivity contribution is 0.0138. The molecule has 1 amide bonds. The van der Waals surface area contributed by atoms with Crippen molar-refractivity contribution in [3.05, 3.63) is 30.2 Å². The Morgan fingerprint density at radius 3 is 2.82 bits per heavy atom. The van der Waals surface area contributed by atoms with Crippen molar-refractivity contribution in [2.24, 2.45) is 11.3 Å². The molecule has 0 bridgehead atoms. The van der Waals surface area contributed by atoms with Gasteiger partial charge in [-0.15, -0.1) is 0 Å². The number of amides is 1. The van der Waals surface area contributed by atoms with Gasteiger partial charge >= 0.3 is 0 Å². The predicted octanol–water partition coefficient (Wildman–Crippen LogP) is 2.44. The van der Waals surface area contributed by atoms with E-state index >= 15 is 0 Å². The van der Waals surface area contributed by atoms with Gasteiger partial charge in [0, 0.05) is 18.0 Å². The number of carbonyl (C=O) groups is 1. The van der Waals surface area contributed by atoms with Gasteiger partial charge in [0.1, 0.15) is 5.69 Å². The van der Waals surface area contributed by atoms with E-state index in [1.54, 1.807) is 24.5 Å². The van der Waals surface area contributed by atoms with E-state index in [0.29, 0.717) is 23.7 Å². The molecule has 120 valence electrons. The summed E-state index contributed by atoms with van der Waals surface area (Å²) >= 11 is 0. The lowest BCUT2D eigenvalue weighted by atomic mass is 9.80. The Morgan fingerprint density at radius 2 is 2.23 bits per heavy atom. The van der Waals surface area contributed by atoms with Gasteiger partial charge in [-0.05, 0) is 18.1 Å². The van der Waals surface area contributed by atoms with Gasteiger partial charge < -0.3 is 14.8 Å². The molecule has 1 atom stereocenters. The largest absolute Gasteiger partial charge is 0.463 e. The SMILES string of the molecule is CC(C)C(O)C(C)(C)CNC(=O)c1cc(-c2ccco2)[nH]n1. The van der Waals surface area contributed by atoms with Crippen molar-refractivity contribution in [3.63, 3.8) is 0 Å². The Bertz CT molecular complexity index is 614. The normalized spacial score (nSPS) is 13.4. The van der Waals surface area contributed by atoms with E-state index < -0.39 is 11.5 Å². The van der Waals surface area contributed by atoms with Gasteiger partial charge in [-0.3, -0.25) is 9.89 Å². The molecule has 0 radical (unpaired) electrons. The first-order valence-corrected chi connectivity index (χ1v) is 7.37. The van der Waals surface area contributed by atoms with Crippen LogP contribution in [0.4, 0.5) is 0 Å². The summed E-state index contributed by atoms with van der Waals surface area (Å²) in [5.74, 6) is 0.475. The Hall–Kier alpha value is -2.08. The highest BCUT2D eigenvalue weighted by Gasteiger charge is 2.30. The molecule has 0 spiro atoms. The molecule has 22 heavy (non-hydrogen) atoms. The van der Waals surface area contributed by atoms with E-state index in [-0.39, 0.29) is 11.8 Å². The van der Waals surface area contributed by atoms with Crippen molar-refractivity contribution in [1.29, 1.82) is 0 Å². The molecule has 2 aromatic rings. The summed E-state index contributed by atoms with van der Waals surface area (Å²) in [6.45, 7) is 8.14. The zero-order valence-electron chi connectivity index (χ0n) is 13.4. The van der Waals surface area contributed by atoms with Crippen LogP contribution >= 0.6 is 0 Å². The number of nitrogens with zero attached hydrogens (tertiary/aromatic N) is 1. The predicted molar refractivity (Wildman–Crippen MR) is 83.2 cm³/mol. The van der Waals surface area contributed by atoms with Crippen LogP contribution in [-0.4, -0.2) is 33.9 Å². The molecule has 0 saturated heterocycles. The summed E-state index contributed by atoms with van der Waals surface area (Å²) in [6, 6.07) is 5.20. The fraction of sp³-hybridized carbons (Fsp3) is 0.500. The molecule has 2 aromatic heterocycles. The standard InChI is InChI=1S/C16H23N3O3/c1-10(2)14(20)16(3,4)9-17-15(21)12-8-11(18-19-12)13-6-5-7-22-13/h5-8,10,14,20H,9H2,1-4H3,(H,17,21)(H,18,19). The van der Waals surface area contributed by atoms with Crippen LogP contribution in [0.2, 0.25) is 0 Å². The maximum absolute atomic E-state index is 12.2. The van der Waals surface area contributed by atoms with Crippen LogP contribution in [0.5, 0.6) is 0 Å². The number of aliphatic hydroxyl groups excluding tert-OH is 1. The quantitative estimate of drug-likeness (QED) is 0.764. The highest BCUT2D eigenvalue weighted by atomic mass is 16.3. The third kappa shape index (κ3) is 3.57. The highest BCUT2D eigenvalue weighted by molar-refractivity contribution is 5.93. The second-order valence-electron chi connectivity index (χ2n) is 6.50. The van der Waals surface area contributed by atoms with Gasteiger partial charge in [-0.1, -0.05) is 27.7 Å². The smallest absolute Gasteiger partial charge is 0.271 e. The third-order valence-electron chi connectivity index (χ3n) is 3.73. The summed E-state index contributed by atoms with van der Waals surface area (Å²) in [6.07, 6.45) is 1.07. The number of rotatable bonds is 6. The van der Waals surface area contributed by atoms with E-state index in [1.807, 2.05) is 27.7 Å². The Kier molecular flexibility index (Phi) is 4.71. The molecule has 0 aliphatic carbocycles. The Morgan fingerprint density at radius 1 is 1.50 bits per heavy atom. The number of hydrogen-bond acceptors (Lipinski definition) is 4. The van der Waals surface area contributed by atoms with E-state index in [2.05, 4.69) is 15.5 Å². The Labute approximate surface area is 129 Å². The highest BCUT2D eigenvalue weighted by Crippen LogP contribution is 2.25. The number of hydrogen-bond donors (Lipinski definition) is 3. The molecule has 2 heterocycles. The molecule has 6 nitrogen and oxygen atoms in total. The van der Waals surface area contributed by atoms with Crippen molar-refractivity contribution in [2.45, 2.75) is 33.8 Å². The van der Waals surface area contributed by atoms with Gasteiger partial charge in [0.05, 0.1) is 12.4 Å². The number of aromatic nitrogens is 2. The minimum Gasteiger partial charge on any atom is -0.463 e. The fourth-order valence-electron chi connectivity index (χ4n) is 2.40. The number of H-pyrrole nitrogens is 1. The average Bonchev–Trinajstić information content (AvgIpc) is 3.13. The molecule has 3 N–H and O–H groups in total. The van der Waals surface area contributed by atoms with Gasteiger partial charge in [-0.2, -0.15) is 5.10 Å². The number of aliphatic hydroxyl groups is 1. The van der Waals surface area contributed by atoms with Crippen LogP contribution in [0.3, 0.4) is 0 Å². The number of aromatic amines is 1. The zero-order valence-corrected chi connectivity index (χ0v) is 13.4. The van der Waals surface area contributed by atoms with Crippen molar-refractivity contribution in [3.8, 4) is 11.5 Å². The molecule has 2 rings (SSSR count). The van der Waals surface area contributed by atoms with E-state index in [1.165, 1.54) is 0 Å². The van der Waals surface area contributed by atoms with Crippen molar-refractivity contribution < 1.29 is 14.3 Å². The molecule has 0 saturated carbocycles. The van der Waals surface area contributed by atoms with E-state index in [9.17, 15) is 9.90 Å². The van der Waals surface area contributed by atoms with Crippen LogP contribution in [-0.2, 0) is 0 Å². The molecule has 0 aromatic carbocycles. The number of carbonyl (C=O) groups excluding carboxylic acids is 1. The fourth-order valence-corrected chi connectivity index (χ4v) is 2.40. The molecule has 0 aliphatic heterocycles. The molecule has 6 heteroatoms. The molecule has 0 aliphatic rings. The number of nitrogens with one attached hydrogen (secondary N) is 2. The number of furan rings is 1. The molecular formula is C16H23N3O3. The van der Waals surface area contributed by atoms with Crippen molar-refractivity contribution in [2.75, 3.05) is 6.54 Å². The first kappa shape index (κ1) is 16.3. The van der Waals surface area contributed by atoms with E-state index in [4.69, 9.17) is 4.42 Å². The van der Waals surface area contributed by atoms with Crippen LogP contribution in [0, 0.1) is 11.3 Å². The summed E-state index contributed by atoms with van der Waals surface area (Å²) in [5.41, 5.74) is 0.530. The van der Waals surface area contributed by atoms with Crippen LogP contribution in [0.15, 0.2) is 28.9 Å². The second-order valence-corrected chi connectivity index (χ2v) is 6.50. The van der Waals surface area contributed by atoms with Gasteiger partial charge in [0.15, 0.2) is 11.5 Å². The molecular weight excluding hydrogens is 282 g/mol. The summed E-state index contributed by atoms with van der Waals surface area (Å²) in [4.78, 5) is 12.2. The topological polar surface area (TPSA) is 91.1 Å². The third-order valence-corrected chi connectivity index (χ3v) is 3.73. The maximum atomic E-state index is 12.2.